The Kier molecular flexibility index (Phi) is 8.74. The minimum absolute atomic E-state index is 0. The number of nitrogens with two attached hydrogens (primary N) is 1. The molecule has 8 heteroatoms. The average Bonchev–Trinajstić information content (AvgIpc) is 2.77. The largest absolute Gasteiger partial charge is 0.497 e. The molecule has 2 aliphatic rings. The fourth-order valence-electron chi connectivity index (χ4n) is 3.96. The molecule has 0 saturated carbocycles. The molecule has 0 aliphatic carbocycles. The maximum Gasteiger partial charge on any atom is 0.230 e. The van der Waals surface area contributed by atoms with Crippen LogP contribution in [0, 0.1) is 5.41 Å². The minimum Gasteiger partial charge on any atom is -0.497 e. The number of nitrogens with zero attached hydrogens (tertiary/aromatic N) is 2. The second-order valence-electron chi connectivity index (χ2n) is 7.62. The Morgan fingerprint density at radius 3 is 2.21 bits per heavy atom. The number of rotatable bonds is 6. The molecule has 162 valence electrons. The molecule has 2 heterocycles. The molecule has 1 aromatic rings. The SMILES string of the molecule is COc1ccc(CCC(=O)N2CCN(C(=O)C3(CN)CCOCC3)CC2)cc1.Cl. The van der Waals surface area contributed by atoms with Crippen molar-refractivity contribution in [3.63, 3.8) is 0 Å². The van der Waals surface area contributed by atoms with Gasteiger partial charge < -0.3 is 25.0 Å². The third kappa shape index (κ3) is 5.62. The van der Waals surface area contributed by atoms with E-state index in [1.807, 2.05) is 34.1 Å². The van der Waals surface area contributed by atoms with Crippen LogP contribution in [0.25, 0.3) is 0 Å². The molecule has 0 unspecified atom stereocenters. The summed E-state index contributed by atoms with van der Waals surface area (Å²) in [5, 5.41) is 0. The van der Waals surface area contributed by atoms with Gasteiger partial charge in [-0.1, -0.05) is 12.1 Å². The number of halogens is 1. The van der Waals surface area contributed by atoms with Gasteiger partial charge in [-0.25, -0.2) is 0 Å². The predicted octanol–water partition coefficient (Wildman–Crippen LogP) is 1.48. The molecule has 3 rings (SSSR count). The highest BCUT2D eigenvalue weighted by Gasteiger charge is 2.42. The normalized spacial score (nSPS) is 18.7. The molecule has 2 N–H and O–H groups in total. The maximum atomic E-state index is 13.0. The summed E-state index contributed by atoms with van der Waals surface area (Å²) in [4.78, 5) is 29.3. The van der Waals surface area contributed by atoms with E-state index in [9.17, 15) is 9.59 Å². The third-order valence-electron chi connectivity index (χ3n) is 6.00. The van der Waals surface area contributed by atoms with E-state index in [-0.39, 0.29) is 24.2 Å². The Balaban J connectivity index is 0.00000300. The Bertz CT molecular complexity index is 669. The lowest BCUT2D eigenvalue weighted by Gasteiger charge is -2.42. The molecule has 0 aromatic heterocycles. The first-order valence-electron chi connectivity index (χ1n) is 10.1. The Morgan fingerprint density at radius 2 is 1.66 bits per heavy atom. The van der Waals surface area contributed by atoms with Crippen LogP contribution < -0.4 is 10.5 Å². The van der Waals surface area contributed by atoms with Gasteiger partial charge in [-0.3, -0.25) is 9.59 Å². The molecule has 2 amide bonds. The predicted molar refractivity (Wildman–Crippen MR) is 113 cm³/mol. The van der Waals surface area contributed by atoms with Crippen molar-refractivity contribution in [2.24, 2.45) is 11.1 Å². The van der Waals surface area contributed by atoms with Crippen LogP contribution in [0.4, 0.5) is 0 Å². The van der Waals surface area contributed by atoms with E-state index in [1.54, 1.807) is 7.11 Å². The molecule has 1 aromatic carbocycles. The van der Waals surface area contributed by atoms with Crippen LogP contribution >= 0.6 is 12.4 Å². The first-order valence-corrected chi connectivity index (χ1v) is 10.1. The smallest absolute Gasteiger partial charge is 0.230 e. The molecule has 7 nitrogen and oxygen atoms in total. The van der Waals surface area contributed by atoms with Gasteiger partial charge in [-0.2, -0.15) is 0 Å². The molecule has 2 aliphatic heterocycles. The van der Waals surface area contributed by atoms with Gasteiger partial charge in [-0.05, 0) is 37.0 Å². The average molecular weight is 426 g/mol. The molecule has 0 radical (unpaired) electrons. The number of hydrogen-bond acceptors (Lipinski definition) is 5. The topological polar surface area (TPSA) is 85.1 Å². The van der Waals surface area contributed by atoms with Crippen molar-refractivity contribution in [2.75, 3.05) is 53.0 Å². The van der Waals surface area contributed by atoms with Gasteiger partial charge in [0.2, 0.25) is 11.8 Å². The van der Waals surface area contributed by atoms with Crippen LogP contribution in [0.15, 0.2) is 24.3 Å². The summed E-state index contributed by atoms with van der Waals surface area (Å²) in [6.07, 6.45) is 2.55. The van der Waals surface area contributed by atoms with Crippen LogP contribution in [0.3, 0.4) is 0 Å². The lowest BCUT2D eigenvalue weighted by molar-refractivity contribution is -0.151. The van der Waals surface area contributed by atoms with Crippen molar-refractivity contribution in [1.82, 2.24) is 9.80 Å². The summed E-state index contributed by atoms with van der Waals surface area (Å²) in [6, 6.07) is 7.80. The van der Waals surface area contributed by atoms with Crippen LogP contribution in [0.2, 0.25) is 0 Å². The lowest BCUT2D eigenvalue weighted by atomic mass is 9.78. The zero-order chi connectivity index (χ0) is 20.0. The summed E-state index contributed by atoms with van der Waals surface area (Å²) >= 11 is 0. The Labute approximate surface area is 178 Å². The van der Waals surface area contributed by atoms with Gasteiger partial charge in [0.25, 0.3) is 0 Å². The molecular formula is C21H32ClN3O4. The molecule has 0 spiro atoms. The number of benzene rings is 1. The number of carbonyl (C=O) groups excluding carboxylic acids is 2. The summed E-state index contributed by atoms with van der Waals surface area (Å²) in [7, 11) is 1.64. The Morgan fingerprint density at radius 1 is 1.07 bits per heavy atom. The van der Waals surface area contributed by atoms with E-state index in [4.69, 9.17) is 15.2 Å². The highest BCUT2D eigenvalue weighted by Crippen LogP contribution is 2.32. The van der Waals surface area contributed by atoms with Crippen molar-refractivity contribution in [3.8, 4) is 5.75 Å². The summed E-state index contributed by atoms with van der Waals surface area (Å²) in [5.41, 5.74) is 6.59. The van der Waals surface area contributed by atoms with E-state index in [2.05, 4.69) is 0 Å². The standard InChI is InChI=1S/C21H31N3O4.ClH/c1-27-18-5-2-17(3-6-18)4-7-19(25)23-10-12-24(13-11-23)20(26)21(16-22)8-14-28-15-9-21;/h2-3,5-6H,4,7-16,22H2,1H3;1H. The van der Waals surface area contributed by atoms with Gasteiger partial charge in [0.05, 0.1) is 12.5 Å². The van der Waals surface area contributed by atoms with Gasteiger partial charge in [-0.15, -0.1) is 12.4 Å². The number of methoxy groups -OCH3 is 1. The van der Waals surface area contributed by atoms with Gasteiger partial charge in [0.1, 0.15) is 5.75 Å². The lowest BCUT2D eigenvalue weighted by Crippen LogP contribution is -2.57. The quantitative estimate of drug-likeness (QED) is 0.746. The van der Waals surface area contributed by atoms with Crippen molar-refractivity contribution >= 4 is 24.2 Å². The van der Waals surface area contributed by atoms with Crippen LogP contribution in [-0.2, 0) is 20.7 Å². The number of piperazine rings is 1. The number of amides is 2. The van der Waals surface area contributed by atoms with E-state index >= 15 is 0 Å². The first-order chi connectivity index (χ1) is 13.6. The maximum absolute atomic E-state index is 13.0. The van der Waals surface area contributed by atoms with Crippen LogP contribution in [-0.4, -0.2) is 74.7 Å². The fourth-order valence-corrected chi connectivity index (χ4v) is 3.96. The number of hydrogen-bond donors (Lipinski definition) is 1. The van der Waals surface area contributed by atoms with Crippen molar-refractivity contribution in [3.05, 3.63) is 29.8 Å². The molecule has 0 bridgehead atoms. The van der Waals surface area contributed by atoms with Crippen molar-refractivity contribution in [1.29, 1.82) is 0 Å². The molecule has 0 atom stereocenters. The van der Waals surface area contributed by atoms with Gasteiger partial charge in [0, 0.05) is 52.4 Å². The summed E-state index contributed by atoms with van der Waals surface area (Å²) < 4.78 is 10.6. The highest BCUT2D eigenvalue weighted by molar-refractivity contribution is 5.85. The Hall–Kier alpha value is -1.83. The van der Waals surface area contributed by atoms with E-state index in [0.717, 1.165) is 11.3 Å². The molecule has 2 saturated heterocycles. The van der Waals surface area contributed by atoms with Crippen LogP contribution in [0.5, 0.6) is 5.75 Å². The fraction of sp³-hybridized carbons (Fsp3) is 0.619. The van der Waals surface area contributed by atoms with Gasteiger partial charge in [0.15, 0.2) is 0 Å². The van der Waals surface area contributed by atoms with Gasteiger partial charge >= 0.3 is 0 Å². The zero-order valence-electron chi connectivity index (χ0n) is 17.1. The summed E-state index contributed by atoms with van der Waals surface area (Å²) in [6.45, 7) is 3.87. The first kappa shape index (κ1) is 23.4. The van der Waals surface area contributed by atoms with E-state index in [0.29, 0.717) is 71.6 Å². The van der Waals surface area contributed by atoms with Crippen molar-refractivity contribution in [2.45, 2.75) is 25.7 Å². The van der Waals surface area contributed by atoms with E-state index < -0.39 is 5.41 Å². The van der Waals surface area contributed by atoms with Crippen LogP contribution in [0.1, 0.15) is 24.8 Å². The second kappa shape index (κ2) is 10.8. The zero-order valence-corrected chi connectivity index (χ0v) is 17.9. The summed E-state index contributed by atoms with van der Waals surface area (Å²) in [5.74, 6) is 1.08. The highest BCUT2D eigenvalue weighted by atomic mass is 35.5. The number of ether oxygens (including phenoxy) is 2. The van der Waals surface area contributed by atoms with Crippen molar-refractivity contribution < 1.29 is 19.1 Å². The number of aryl methyl sites for hydroxylation is 1. The van der Waals surface area contributed by atoms with E-state index in [1.165, 1.54) is 0 Å². The monoisotopic (exact) mass is 425 g/mol. The molecular weight excluding hydrogens is 394 g/mol. The third-order valence-corrected chi connectivity index (χ3v) is 6.00. The minimum atomic E-state index is -0.487. The second-order valence-corrected chi connectivity index (χ2v) is 7.62. The molecule has 29 heavy (non-hydrogen) atoms. The molecule has 2 fully saturated rings. The number of carbonyl (C=O) groups is 2.